The summed E-state index contributed by atoms with van der Waals surface area (Å²) < 4.78 is 0. The van der Waals surface area contributed by atoms with Gasteiger partial charge in [0.2, 0.25) is 0 Å². The van der Waals surface area contributed by atoms with Crippen LogP contribution in [0.5, 0.6) is 0 Å². The van der Waals surface area contributed by atoms with Crippen molar-refractivity contribution in [3.63, 3.8) is 0 Å². The molecule has 1 aliphatic heterocycles. The zero-order valence-electron chi connectivity index (χ0n) is 10.4. The van der Waals surface area contributed by atoms with E-state index in [2.05, 4.69) is 59.8 Å². The number of aryl methyl sites for hydroxylation is 1. The lowest BCUT2D eigenvalue weighted by atomic mass is 10.0. The van der Waals surface area contributed by atoms with Crippen molar-refractivity contribution in [2.75, 3.05) is 11.4 Å². The van der Waals surface area contributed by atoms with Gasteiger partial charge in [-0.25, -0.2) is 0 Å². The Kier molecular flexibility index (Phi) is 3.29. The van der Waals surface area contributed by atoms with E-state index in [9.17, 15) is 0 Å². The molecule has 16 heavy (non-hydrogen) atoms. The fourth-order valence-electron chi connectivity index (χ4n) is 2.64. The monoisotopic (exact) mass is 281 g/mol. The van der Waals surface area contributed by atoms with Crippen LogP contribution in [-0.4, -0.2) is 12.1 Å². The van der Waals surface area contributed by atoms with Gasteiger partial charge in [-0.1, -0.05) is 33.6 Å². The zero-order chi connectivity index (χ0) is 11.8. The maximum atomic E-state index is 3.60. The van der Waals surface area contributed by atoms with Crippen molar-refractivity contribution in [1.29, 1.82) is 0 Å². The number of rotatable bonds is 2. The van der Waals surface area contributed by atoms with E-state index in [4.69, 9.17) is 0 Å². The van der Waals surface area contributed by atoms with Gasteiger partial charge in [0.1, 0.15) is 0 Å². The second-order valence-corrected chi connectivity index (χ2v) is 5.89. The van der Waals surface area contributed by atoms with Crippen molar-refractivity contribution >= 4 is 21.6 Å². The third-order valence-electron chi connectivity index (χ3n) is 3.57. The number of nitrogens with zero attached hydrogens (tertiary/aromatic N) is 1. The normalized spacial score (nSPS) is 19.1. The number of hydrogen-bond acceptors (Lipinski definition) is 1. The lowest BCUT2D eigenvalue weighted by Crippen LogP contribution is -2.38. The molecule has 0 aliphatic carbocycles. The summed E-state index contributed by atoms with van der Waals surface area (Å²) >= 11 is 3.60. The molecule has 1 saturated heterocycles. The van der Waals surface area contributed by atoms with Gasteiger partial charge >= 0.3 is 0 Å². The molecule has 1 aromatic rings. The molecule has 2 rings (SSSR count). The van der Waals surface area contributed by atoms with Crippen LogP contribution in [0.4, 0.5) is 5.69 Å². The first-order chi connectivity index (χ1) is 7.54. The van der Waals surface area contributed by atoms with Crippen LogP contribution < -0.4 is 4.90 Å². The SMILES string of the molecule is Cc1ccc(N2CCCC2(C)C)c(CBr)c1. The Labute approximate surface area is 107 Å². The van der Waals surface area contributed by atoms with Crippen molar-refractivity contribution < 1.29 is 0 Å². The van der Waals surface area contributed by atoms with Crippen molar-refractivity contribution in [1.82, 2.24) is 0 Å². The summed E-state index contributed by atoms with van der Waals surface area (Å²) in [6.07, 6.45) is 2.60. The smallest absolute Gasteiger partial charge is 0.0411 e. The molecular weight excluding hydrogens is 262 g/mol. The zero-order valence-corrected chi connectivity index (χ0v) is 12.0. The Morgan fingerprint density at radius 1 is 1.38 bits per heavy atom. The van der Waals surface area contributed by atoms with Crippen LogP contribution in [0.3, 0.4) is 0 Å². The lowest BCUT2D eigenvalue weighted by molar-refractivity contribution is 0.517. The number of halogens is 1. The van der Waals surface area contributed by atoms with Gasteiger partial charge in [-0.05, 0) is 45.2 Å². The minimum Gasteiger partial charge on any atom is -0.366 e. The molecule has 1 aromatic carbocycles. The molecule has 2 heteroatoms. The molecule has 0 unspecified atom stereocenters. The van der Waals surface area contributed by atoms with Crippen LogP contribution in [0.2, 0.25) is 0 Å². The molecule has 88 valence electrons. The summed E-state index contributed by atoms with van der Waals surface area (Å²) in [7, 11) is 0. The van der Waals surface area contributed by atoms with Gasteiger partial charge in [-0.15, -0.1) is 0 Å². The van der Waals surface area contributed by atoms with Crippen LogP contribution >= 0.6 is 15.9 Å². The number of anilines is 1. The minimum absolute atomic E-state index is 0.312. The Balaban J connectivity index is 2.40. The lowest BCUT2D eigenvalue weighted by Gasteiger charge is -2.35. The molecule has 1 heterocycles. The van der Waals surface area contributed by atoms with Crippen LogP contribution in [-0.2, 0) is 5.33 Å². The fourth-order valence-corrected chi connectivity index (χ4v) is 3.09. The molecule has 1 nitrogen and oxygen atoms in total. The standard InChI is InChI=1S/C14H20BrN/c1-11-5-6-13(12(9-11)10-15)16-8-4-7-14(16,2)3/h5-6,9H,4,7-8,10H2,1-3H3. The maximum Gasteiger partial charge on any atom is 0.0411 e. The second kappa shape index (κ2) is 4.40. The van der Waals surface area contributed by atoms with Gasteiger partial charge in [-0.2, -0.15) is 0 Å². The van der Waals surface area contributed by atoms with Gasteiger partial charge in [0, 0.05) is 23.1 Å². The van der Waals surface area contributed by atoms with Crippen LogP contribution in [0.1, 0.15) is 37.8 Å². The highest BCUT2D eigenvalue weighted by molar-refractivity contribution is 9.08. The second-order valence-electron chi connectivity index (χ2n) is 5.33. The number of alkyl halides is 1. The number of benzene rings is 1. The molecule has 0 bridgehead atoms. The van der Waals surface area contributed by atoms with Crippen molar-refractivity contribution in [2.45, 2.75) is 44.5 Å². The van der Waals surface area contributed by atoms with E-state index in [1.165, 1.54) is 36.2 Å². The van der Waals surface area contributed by atoms with E-state index in [1.54, 1.807) is 0 Å². The summed E-state index contributed by atoms with van der Waals surface area (Å²) in [5, 5.41) is 0.941. The summed E-state index contributed by atoms with van der Waals surface area (Å²) in [5.74, 6) is 0. The minimum atomic E-state index is 0.312. The average Bonchev–Trinajstić information content (AvgIpc) is 2.58. The summed E-state index contributed by atoms with van der Waals surface area (Å²) in [5.41, 5.74) is 4.47. The van der Waals surface area contributed by atoms with E-state index in [0.717, 1.165) is 5.33 Å². The Morgan fingerprint density at radius 2 is 2.12 bits per heavy atom. The van der Waals surface area contributed by atoms with Gasteiger partial charge in [0.05, 0.1) is 0 Å². The molecule has 0 amide bonds. The Hall–Kier alpha value is -0.500. The Morgan fingerprint density at radius 3 is 2.69 bits per heavy atom. The fraction of sp³-hybridized carbons (Fsp3) is 0.571. The highest BCUT2D eigenvalue weighted by Crippen LogP contribution is 2.36. The van der Waals surface area contributed by atoms with Crippen LogP contribution in [0.15, 0.2) is 18.2 Å². The van der Waals surface area contributed by atoms with Crippen molar-refractivity contribution in [2.24, 2.45) is 0 Å². The molecule has 0 atom stereocenters. The molecular formula is C14H20BrN. The summed E-state index contributed by atoms with van der Waals surface area (Å²) in [6, 6.07) is 6.79. The van der Waals surface area contributed by atoms with Crippen LogP contribution in [0.25, 0.3) is 0 Å². The van der Waals surface area contributed by atoms with E-state index >= 15 is 0 Å². The third-order valence-corrected chi connectivity index (χ3v) is 4.17. The predicted molar refractivity (Wildman–Crippen MR) is 74.5 cm³/mol. The van der Waals surface area contributed by atoms with Gasteiger partial charge < -0.3 is 4.90 Å². The molecule has 1 aliphatic rings. The van der Waals surface area contributed by atoms with Crippen LogP contribution in [0, 0.1) is 6.92 Å². The topological polar surface area (TPSA) is 3.24 Å². The molecule has 1 fully saturated rings. The highest BCUT2D eigenvalue weighted by atomic mass is 79.9. The Bertz CT molecular complexity index is 384. The third kappa shape index (κ3) is 2.13. The first-order valence-corrected chi connectivity index (χ1v) is 7.10. The van der Waals surface area contributed by atoms with Gasteiger partial charge in [0.25, 0.3) is 0 Å². The molecule has 0 aromatic heterocycles. The summed E-state index contributed by atoms with van der Waals surface area (Å²) in [6.45, 7) is 8.04. The first-order valence-electron chi connectivity index (χ1n) is 5.98. The largest absolute Gasteiger partial charge is 0.366 e. The van der Waals surface area contributed by atoms with E-state index < -0.39 is 0 Å². The van der Waals surface area contributed by atoms with Gasteiger partial charge in [0.15, 0.2) is 0 Å². The maximum absolute atomic E-state index is 3.60. The van der Waals surface area contributed by atoms with E-state index in [-0.39, 0.29) is 0 Å². The highest BCUT2D eigenvalue weighted by Gasteiger charge is 2.32. The average molecular weight is 282 g/mol. The number of hydrogen-bond donors (Lipinski definition) is 0. The summed E-state index contributed by atoms with van der Waals surface area (Å²) in [4.78, 5) is 2.56. The molecule has 0 spiro atoms. The first kappa shape index (κ1) is 12.0. The van der Waals surface area contributed by atoms with E-state index in [0.29, 0.717) is 5.54 Å². The van der Waals surface area contributed by atoms with Gasteiger partial charge in [-0.3, -0.25) is 0 Å². The quantitative estimate of drug-likeness (QED) is 0.732. The van der Waals surface area contributed by atoms with Crippen molar-refractivity contribution in [3.8, 4) is 0 Å². The molecule has 0 N–H and O–H groups in total. The van der Waals surface area contributed by atoms with E-state index in [1.807, 2.05) is 0 Å². The van der Waals surface area contributed by atoms with Crippen molar-refractivity contribution in [3.05, 3.63) is 29.3 Å². The molecule has 0 radical (unpaired) electrons. The molecule has 0 saturated carbocycles. The predicted octanol–water partition coefficient (Wildman–Crippen LogP) is 4.27.